The lowest BCUT2D eigenvalue weighted by atomic mass is 10.1. The second kappa shape index (κ2) is 8.26. The van der Waals surface area contributed by atoms with Gasteiger partial charge in [0.05, 0.1) is 37.2 Å². The van der Waals surface area contributed by atoms with Gasteiger partial charge in [-0.05, 0) is 32.0 Å². The molecule has 3 aromatic rings. The summed E-state index contributed by atoms with van der Waals surface area (Å²) in [4.78, 5) is 13.9. The van der Waals surface area contributed by atoms with Crippen molar-refractivity contribution < 1.29 is 4.74 Å². The Bertz CT molecular complexity index is 994. The first-order chi connectivity index (χ1) is 14.3. The van der Waals surface area contributed by atoms with E-state index >= 15 is 0 Å². The van der Waals surface area contributed by atoms with Gasteiger partial charge in [0.2, 0.25) is 5.95 Å². The summed E-state index contributed by atoms with van der Waals surface area (Å²) in [6.45, 7) is 7.28. The van der Waals surface area contributed by atoms with Gasteiger partial charge in [-0.3, -0.25) is 4.68 Å². The molecule has 0 atom stereocenters. The first-order valence-electron chi connectivity index (χ1n) is 10.3. The van der Waals surface area contributed by atoms with Crippen molar-refractivity contribution in [3.63, 3.8) is 0 Å². The van der Waals surface area contributed by atoms with Gasteiger partial charge in [0.25, 0.3) is 0 Å². The standard InChI is InChI=1S/C21H25ClN6O/c22-20-14-18(24-21(25-20)27-9-11-29-12-10-27)16-3-4-17-15-23-28(19(17)13-16)8-7-26-5-1-2-6-26/h3-4,13-15H,1-2,5-12H2. The fourth-order valence-electron chi connectivity index (χ4n) is 4.11. The Hall–Kier alpha value is -2.22. The molecule has 1 aromatic carbocycles. The summed E-state index contributed by atoms with van der Waals surface area (Å²) in [5.74, 6) is 0.665. The van der Waals surface area contributed by atoms with Gasteiger partial charge in [-0.1, -0.05) is 23.7 Å². The summed E-state index contributed by atoms with van der Waals surface area (Å²) >= 11 is 6.34. The number of aromatic nitrogens is 4. The molecule has 2 fully saturated rings. The van der Waals surface area contributed by atoms with Crippen LogP contribution in [0.4, 0.5) is 5.95 Å². The van der Waals surface area contributed by atoms with Crippen LogP contribution >= 0.6 is 11.6 Å². The van der Waals surface area contributed by atoms with Gasteiger partial charge in [-0.2, -0.15) is 5.10 Å². The van der Waals surface area contributed by atoms with E-state index in [1.807, 2.05) is 12.3 Å². The van der Waals surface area contributed by atoms with E-state index in [-0.39, 0.29) is 0 Å². The zero-order valence-electron chi connectivity index (χ0n) is 16.4. The van der Waals surface area contributed by atoms with Gasteiger partial charge in [0, 0.05) is 36.7 Å². The largest absolute Gasteiger partial charge is 0.378 e. The normalized spacial score (nSPS) is 18.0. The number of fused-ring (bicyclic) bond motifs is 1. The van der Waals surface area contributed by atoms with Crippen molar-refractivity contribution in [1.29, 1.82) is 0 Å². The Kier molecular flexibility index (Phi) is 5.35. The van der Waals surface area contributed by atoms with E-state index in [0.717, 1.165) is 48.3 Å². The fourth-order valence-corrected chi connectivity index (χ4v) is 4.29. The average molecular weight is 413 g/mol. The third-order valence-corrected chi connectivity index (χ3v) is 5.94. The number of nitrogens with zero attached hydrogens (tertiary/aromatic N) is 6. The van der Waals surface area contributed by atoms with Crippen LogP contribution in [0.25, 0.3) is 22.2 Å². The third-order valence-electron chi connectivity index (χ3n) is 5.74. The Morgan fingerprint density at radius 1 is 0.966 bits per heavy atom. The topological polar surface area (TPSA) is 59.3 Å². The number of hydrogen-bond donors (Lipinski definition) is 0. The highest BCUT2D eigenvalue weighted by Crippen LogP contribution is 2.27. The van der Waals surface area contributed by atoms with Gasteiger partial charge in [0.1, 0.15) is 5.15 Å². The number of halogens is 1. The molecule has 2 aromatic heterocycles. The lowest BCUT2D eigenvalue weighted by molar-refractivity contribution is 0.122. The number of morpholine rings is 1. The van der Waals surface area contributed by atoms with E-state index in [9.17, 15) is 0 Å². The minimum absolute atomic E-state index is 0.458. The third kappa shape index (κ3) is 4.08. The molecule has 152 valence electrons. The van der Waals surface area contributed by atoms with Crippen molar-refractivity contribution in [2.24, 2.45) is 0 Å². The second-order valence-electron chi connectivity index (χ2n) is 7.67. The van der Waals surface area contributed by atoms with Crippen LogP contribution in [-0.2, 0) is 11.3 Å². The minimum Gasteiger partial charge on any atom is -0.378 e. The molecule has 0 radical (unpaired) electrons. The first-order valence-corrected chi connectivity index (χ1v) is 10.7. The lowest BCUT2D eigenvalue weighted by Crippen LogP contribution is -2.37. The Morgan fingerprint density at radius 3 is 2.62 bits per heavy atom. The Morgan fingerprint density at radius 2 is 1.79 bits per heavy atom. The summed E-state index contributed by atoms with van der Waals surface area (Å²) in [5, 5.41) is 6.21. The van der Waals surface area contributed by atoms with Gasteiger partial charge in [-0.25, -0.2) is 9.97 Å². The van der Waals surface area contributed by atoms with Crippen LogP contribution in [0.1, 0.15) is 12.8 Å². The molecule has 4 heterocycles. The van der Waals surface area contributed by atoms with Crippen LogP contribution in [0.3, 0.4) is 0 Å². The van der Waals surface area contributed by atoms with E-state index in [1.165, 1.54) is 25.9 Å². The van der Waals surface area contributed by atoms with E-state index in [4.69, 9.17) is 21.3 Å². The summed E-state index contributed by atoms with van der Waals surface area (Å²) in [5.41, 5.74) is 2.99. The molecule has 0 amide bonds. The molecule has 2 aliphatic rings. The second-order valence-corrected chi connectivity index (χ2v) is 8.05. The summed E-state index contributed by atoms with van der Waals surface area (Å²) in [6.07, 6.45) is 4.56. The lowest BCUT2D eigenvalue weighted by Gasteiger charge is -2.27. The van der Waals surface area contributed by atoms with E-state index in [0.29, 0.717) is 24.3 Å². The molecule has 2 aliphatic heterocycles. The van der Waals surface area contributed by atoms with Crippen LogP contribution < -0.4 is 4.90 Å². The van der Waals surface area contributed by atoms with Crippen LogP contribution in [0.5, 0.6) is 0 Å². The Labute approximate surface area is 175 Å². The van der Waals surface area contributed by atoms with Crippen molar-refractivity contribution in [1.82, 2.24) is 24.6 Å². The molecule has 0 bridgehead atoms. The molecule has 0 unspecified atom stereocenters. The molecule has 7 nitrogen and oxygen atoms in total. The highest BCUT2D eigenvalue weighted by molar-refractivity contribution is 6.29. The van der Waals surface area contributed by atoms with Crippen molar-refractivity contribution in [3.8, 4) is 11.3 Å². The van der Waals surface area contributed by atoms with E-state index in [1.54, 1.807) is 0 Å². The zero-order chi connectivity index (χ0) is 19.6. The van der Waals surface area contributed by atoms with Gasteiger partial charge in [0.15, 0.2) is 0 Å². The minimum atomic E-state index is 0.458. The molecular formula is C21H25ClN6O. The molecule has 0 saturated carbocycles. The number of anilines is 1. The molecule has 8 heteroatoms. The zero-order valence-corrected chi connectivity index (χ0v) is 17.2. The van der Waals surface area contributed by atoms with Gasteiger partial charge >= 0.3 is 0 Å². The molecular weight excluding hydrogens is 388 g/mol. The van der Waals surface area contributed by atoms with Gasteiger partial charge < -0.3 is 14.5 Å². The number of ether oxygens (including phenoxy) is 1. The number of benzene rings is 1. The van der Waals surface area contributed by atoms with Crippen LogP contribution in [0.2, 0.25) is 5.15 Å². The molecule has 29 heavy (non-hydrogen) atoms. The van der Waals surface area contributed by atoms with Crippen LogP contribution in [0.15, 0.2) is 30.5 Å². The summed E-state index contributed by atoms with van der Waals surface area (Å²) < 4.78 is 7.54. The fraction of sp³-hybridized carbons (Fsp3) is 0.476. The number of likely N-dealkylation sites (tertiary alicyclic amines) is 1. The van der Waals surface area contributed by atoms with Crippen molar-refractivity contribution in [3.05, 3.63) is 35.6 Å². The SMILES string of the molecule is Clc1cc(-c2ccc3cnn(CCN4CCCC4)c3c2)nc(N2CCOCC2)n1. The summed E-state index contributed by atoms with van der Waals surface area (Å²) in [7, 11) is 0. The quantitative estimate of drug-likeness (QED) is 0.600. The van der Waals surface area contributed by atoms with E-state index < -0.39 is 0 Å². The average Bonchev–Trinajstić information content (AvgIpc) is 3.42. The summed E-state index contributed by atoms with van der Waals surface area (Å²) in [6, 6.07) is 8.18. The van der Waals surface area contributed by atoms with Crippen LogP contribution in [-0.4, -0.2) is 70.6 Å². The predicted octanol–water partition coefficient (Wildman–Crippen LogP) is 3.08. The van der Waals surface area contributed by atoms with Crippen molar-refractivity contribution >= 4 is 28.5 Å². The first kappa shape index (κ1) is 18.8. The van der Waals surface area contributed by atoms with Crippen molar-refractivity contribution in [2.45, 2.75) is 19.4 Å². The highest BCUT2D eigenvalue weighted by atomic mass is 35.5. The maximum atomic E-state index is 6.34. The van der Waals surface area contributed by atoms with Crippen LogP contribution in [0, 0.1) is 0 Å². The Balaban J connectivity index is 1.43. The molecule has 0 N–H and O–H groups in total. The monoisotopic (exact) mass is 412 g/mol. The number of rotatable bonds is 5. The molecule has 2 saturated heterocycles. The maximum absolute atomic E-state index is 6.34. The van der Waals surface area contributed by atoms with Crippen molar-refractivity contribution in [2.75, 3.05) is 50.8 Å². The predicted molar refractivity (Wildman–Crippen MR) is 114 cm³/mol. The molecule has 0 aliphatic carbocycles. The van der Waals surface area contributed by atoms with E-state index in [2.05, 4.69) is 42.8 Å². The van der Waals surface area contributed by atoms with Gasteiger partial charge in [-0.15, -0.1) is 0 Å². The number of hydrogen-bond acceptors (Lipinski definition) is 6. The molecule has 0 spiro atoms. The maximum Gasteiger partial charge on any atom is 0.227 e. The smallest absolute Gasteiger partial charge is 0.227 e. The highest BCUT2D eigenvalue weighted by Gasteiger charge is 2.17. The molecule has 5 rings (SSSR count).